The van der Waals surface area contributed by atoms with Crippen LogP contribution in [-0.2, 0) is 6.54 Å². The summed E-state index contributed by atoms with van der Waals surface area (Å²) in [5.74, 6) is 0. The Morgan fingerprint density at radius 1 is 1.29 bits per heavy atom. The van der Waals surface area contributed by atoms with Crippen molar-refractivity contribution in [1.29, 1.82) is 0 Å². The van der Waals surface area contributed by atoms with Gasteiger partial charge in [-0.2, -0.15) is 0 Å². The number of hydrogen-bond donors (Lipinski definition) is 1. The molecule has 1 heterocycles. The predicted octanol–water partition coefficient (Wildman–Crippen LogP) is 2.40. The first-order chi connectivity index (χ1) is 8.08. The smallest absolute Gasteiger partial charge is 0.267 e. The average molecular weight is 359 g/mol. The van der Waals surface area contributed by atoms with E-state index in [1.807, 2.05) is 18.2 Å². The van der Waals surface area contributed by atoms with E-state index < -0.39 is 0 Å². The van der Waals surface area contributed by atoms with E-state index in [1.165, 1.54) is 17.1 Å². The minimum absolute atomic E-state index is 0.110. The van der Waals surface area contributed by atoms with Gasteiger partial charge in [-0.25, -0.2) is 4.98 Å². The number of anilines is 1. The Morgan fingerprint density at radius 2 is 2.06 bits per heavy atom. The van der Waals surface area contributed by atoms with E-state index in [0.717, 1.165) is 10.0 Å². The van der Waals surface area contributed by atoms with Crippen LogP contribution in [0.15, 0.2) is 44.5 Å². The molecule has 2 N–H and O–H groups in total. The Labute approximate surface area is 115 Å². The highest BCUT2D eigenvalue weighted by molar-refractivity contribution is 9.10. The van der Waals surface area contributed by atoms with E-state index in [4.69, 9.17) is 5.73 Å². The Balaban J connectivity index is 2.35. The zero-order valence-corrected chi connectivity index (χ0v) is 11.9. The summed E-state index contributed by atoms with van der Waals surface area (Å²) >= 11 is 6.48. The maximum absolute atomic E-state index is 11.8. The monoisotopic (exact) mass is 357 g/mol. The molecule has 0 aliphatic rings. The highest BCUT2D eigenvalue weighted by atomic mass is 79.9. The lowest BCUT2D eigenvalue weighted by Crippen LogP contribution is -2.21. The summed E-state index contributed by atoms with van der Waals surface area (Å²) in [6.07, 6.45) is 2.99. The number of nitrogen functional groups attached to an aromatic ring is 1. The summed E-state index contributed by atoms with van der Waals surface area (Å²) in [6.45, 7) is 0.447. The molecule has 0 spiro atoms. The molecular formula is C11H9Br2N3O. The van der Waals surface area contributed by atoms with E-state index in [-0.39, 0.29) is 5.56 Å². The van der Waals surface area contributed by atoms with Gasteiger partial charge in [0.2, 0.25) is 0 Å². The maximum atomic E-state index is 11.8. The number of benzene rings is 1. The van der Waals surface area contributed by atoms with Crippen LogP contribution in [-0.4, -0.2) is 9.55 Å². The van der Waals surface area contributed by atoms with Gasteiger partial charge in [-0.3, -0.25) is 9.36 Å². The first kappa shape index (κ1) is 12.3. The molecule has 0 atom stereocenters. The van der Waals surface area contributed by atoms with Crippen LogP contribution < -0.4 is 11.3 Å². The Morgan fingerprint density at radius 3 is 2.76 bits per heavy atom. The molecule has 0 radical (unpaired) electrons. The van der Waals surface area contributed by atoms with Crippen molar-refractivity contribution in [3.8, 4) is 0 Å². The second-order valence-corrected chi connectivity index (χ2v) is 5.24. The molecule has 0 aliphatic carbocycles. The van der Waals surface area contributed by atoms with Gasteiger partial charge >= 0.3 is 0 Å². The van der Waals surface area contributed by atoms with Crippen LogP contribution in [0.2, 0.25) is 0 Å². The van der Waals surface area contributed by atoms with Crippen LogP contribution in [0.3, 0.4) is 0 Å². The van der Waals surface area contributed by atoms with Crippen molar-refractivity contribution in [3.05, 3.63) is 55.6 Å². The van der Waals surface area contributed by atoms with Crippen molar-refractivity contribution in [2.75, 3.05) is 5.73 Å². The lowest BCUT2D eigenvalue weighted by atomic mass is 10.2. The molecule has 2 rings (SSSR count). The van der Waals surface area contributed by atoms with Crippen LogP contribution in [0.4, 0.5) is 5.69 Å². The quantitative estimate of drug-likeness (QED) is 0.838. The maximum Gasteiger partial charge on any atom is 0.267 e. The molecule has 88 valence electrons. The van der Waals surface area contributed by atoms with Gasteiger partial charge in [0.25, 0.3) is 5.56 Å². The molecule has 17 heavy (non-hydrogen) atoms. The van der Waals surface area contributed by atoms with Crippen molar-refractivity contribution in [1.82, 2.24) is 9.55 Å². The largest absolute Gasteiger partial charge is 0.398 e. The molecule has 0 unspecified atom stereocenters. The highest BCUT2D eigenvalue weighted by Gasteiger charge is 2.03. The van der Waals surface area contributed by atoms with Gasteiger partial charge in [0.05, 0.1) is 12.9 Å². The lowest BCUT2D eigenvalue weighted by Gasteiger charge is -2.07. The van der Waals surface area contributed by atoms with Gasteiger partial charge in [0.15, 0.2) is 0 Å². The van der Waals surface area contributed by atoms with Gasteiger partial charge in [0.1, 0.15) is 4.47 Å². The van der Waals surface area contributed by atoms with E-state index in [9.17, 15) is 4.79 Å². The van der Waals surface area contributed by atoms with Crippen molar-refractivity contribution in [2.24, 2.45) is 0 Å². The molecule has 6 heteroatoms. The molecule has 0 fully saturated rings. The second-order valence-electron chi connectivity index (χ2n) is 3.53. The number of nitrogens with two attached hydrogens (primary N) is 1. The molecular weight excluding hydrogens is 350 g/mol. The van der Waals surface area contributed by atoms with E-state index in [2.05, 4.69) is 36.8 Å². The van der Waals surface area contributed by atoms with Gasteiger partial charge in [-0.1, -0.05) is 6.07 Å². The van der Waals surface area contributed by atoms with Crippen molar-refractivity contribution in [3.63, 3.8) is 0 Å². The van der Waals surface area contributed by atoms with E-state index in [0.29, 0.717) is 16.7 Å². The van der Waals surface area contributed by atoms with Crippen molar-refractivity contribution < 1.29 is 0 Å². The average Bonchev–Trinajstić information content (AvgIpc) is 2.30. The summed E-state index contributed by atoms with van der Waals surface area (Å²) in [7, 11) is 0. The molecule has 2 aromatic rings. The van der Waals surface area contributed by atoms with Gasteiger partial charge in [-0.05, 0) is 49.6 Å². The summed E-state index contributed by atoms with van der Waals surface area (Å²) in [5, 5.41) is 0. The van der Waals surface area contributed by atoms with Gasteiger partial charge in [-0.15, -0.1) is 0 Å². The van der Waals surface area contributed by atoms with E-state index >= 15 is 0 Å². The Hall–Kier alpha value is -1.14. The van der Waals surface area contributed by atoms with E-state index in [1.54, 1.807) is 0 Å². The predicted molar refractivity (Wildman–Crippen MR) is 73.9 cm³/mol. The first-order valence-corrected chi connectivity index (χ1v) is 6.40. The minimum Gasteiger partial charge on any atom is -0.398 e. The van der Waals surface area contributed by atoms with Crippen LogP contribution in [0.5, 0.6) is 0 Å². The zero-order chi connectivity index (χ0) is 12.4. The summed E-state index contributed by atoms with van der Waals surface area (Å²) in [4.78, 5) is 15.7. The summed E-state index contributed by atoms with van der Waals surface area (Å²) < 4.78 is 2.82. The van der Waals surface area contributed by atoms with Crippen LogP contribution >= 0.6 is 31.9 Å². The summed E-state index contributed by atoms with van der Waals surface area (Å²) in [5.41, 5.74) is 7.28. The fourth-order valence-corrected chi connectivity index (χ4v) is 2.02. The molecule has 0 saturated heterocycles. The molecule has 0 amide bonds. The third kappa shape index (κ3) is 2.76. The number of hydrogen-bond acceptors (Lipinski definition) is 3. The molecule has 0 bridgehead atoms. The standard InChI is InChI=1S/C11H9Br2N3O/c12-8-2-1-7(3-10(8)14)5-16-6-15-4-9(13)11(16)17/h1-4,6H,5,14H2. The molecule has 0 aliphatic heterocycles. The molecule has 0 saturated carbocycles. The molecule has 1 aromatic carbocycles. The number of rotatable bonds is 2. The highest BCUT2D eigenvalue weighted by Crippen LogP contribution is 2.20. The minimum atomic E-state index is -0.110. The van der Waals surface area contributed by atoms with Crippen molar-refractivity contribution in [2.45, 2.75) is 6.54 Å². The molecule has 4 nitrogen and oxygen atoms in total. The van der Waals surface area contributed by atoms with Crippen LogP contribution in [0.1, 0.15) is 5.56 Å². The lowest BCUT2D eigenvalue weighted by molar-refractivity contribution is 0.731. The third-order valence-corrected chi connectivity index (χ3v) is 3.54. The number of halogens is 2. The second kappa shape index (κ2) is 5.01. The first-order valence-electron chi connectivity index (χ1n) is 4.82. The summed E-state index contributed by atoms with van der Waals surface area (Å²) in [6, 6.07) is 5.60. The fourth-order valence-electron chi connectivity index (χ4n) is 1.42. The SMILES string of the molecule is Nc1cc(Cn2cncc(Br)c2=O)ccc1Br. The van der Waals surface area contributed by atoms with Gasteiger partial charge < -0.3 is 5.73 Å². The topological polar surface area (TPSA) is 60.9 Å². The molecule has 1 aromatic heterocycles. The van der Waals surface area contributed by atoms with Gasteiger partial charge in [0, 0.05) is 16.4 Å². The number of aromatic nitrogens is 2. The van der Waals surface area contributed by atoms with Crippen LogP contribution in [0, 0.1) is 0 Å². The zero-order valence-electron chi connectivity index (χ0n) is 8.73. The number of nitrogens with zero attached hydrogens (tertiary/aromatic N) is 2. The van der Waals surface area contributed by atoms with Crippen LogP contribution in [0.25, 0.3) is 0 Å². The van der Waals surface area contributed by atoms with Crippen molar-refractivity contribution >= 4 is 37.5 Å². The Bertz CT molecular complexity index is 610. The normalized spacial score (nSPS) is 10.5. The Kier molecular flexibility index (Phi) is 3.63. The fraction of sp³-hybridized carbons (Fsp3) is 0.0909. The third-order valence-electron chi connectivity index (χ3n) is 2.27.